The first-order valence-corrected chi connectivity index (χ1v) is 7.13. The number of thiocarbonyl (C=S) groups is 1. The number of hydrogen-bond donors (Lipinski definition) is 3. The van der Waals surface area contributed by atoms with Crippen molar-refractivity contribution < 1.29 is 14.7 Å². The van der Waals surface area contributed by atoms with Gasteiger partial charge in [0.2, 0.25) is 0 Å². The van der Waals surface area contributed by atoms with E-state index in [1.54, 1.807) is 24.1 Å². The van der Waals surface area contributed by atoms with Crippen LogP contribution in [-0.2, 0) is 0 Å². The Morgan fingerprint density at radius 1 is 0.957 bits per heavy atom. The van der Waals surface area contributed by atoms with Gasteiger partial charge in [-0.15, -0.1) is 0 Å². The highest BCUT2D eigenvalue weighted by molar-refractivity contribution is 7.80. The van der Waals surface area contributed by atoms with E-state index in [-0.39, 0.29) is 16.2 Å². The third-order valence-electron chi connectivity index (χ3n) is 3.13. The van der Waals surface area contributed by atoms with Gasteiger partial charge in [-0.05, 0) is 36.5 Å². The van der Waals surface area contributed by atoms with Gasteiger partial charge < -0.3 is 10.0 Å². The number of nitrogens with zero attached hydrogens (tertiary/aromatic N) is 1. The van der Waals surface area contributed by atoms with Gasteiger partial charge in [0.15, 0.2) is 5.11 Å². The monoisotopic (exact) mass is 329 g/mol. The Balaban J connectivity index is 2.02. The third kappa shape index (κ3) is 4.04. The van der Waals surface area contributed by atoms with E-state index in [9.17, 15) is 9.59 Å². The summed E-state index contributed by atoms with van der Waals surface area (Å²) < 4.78 is 0. The number of benzene rings is 2. The van der Waals surface area contributed by atoms with Gasteiger partial charge >= 0.3 is 5.97 Å². The van der Waals surface area contributed by atoms with Crippen molar-refractivity contribution in [2.24, 2.45) is 0 Å². The fourth-order valence-electron chi connectivity index (χ4n) is 1.90. The number of carboxylic acids is 1. The van der Waals surface area contributed by atoms with E-state index >= 15 is 0 Å². The number of hydrazine groups is 1. The van der Waals surface area contributed by atoms with Gasteiger partial charge in [-0.1, -0.05) is 30.3 Å². The molecule has 0 bridgehead atoms. The third-order valence-corrected chi connectivity index (χ3v) is 3.51. The summed E-state index contributed by atoms with van der Waals surface area (Å²) in [5.74, 6) is -1.74. The Bertz CT molecular complexity index is 734. The lowest BCUT2D eigenvalue weighted by atomic mass is 10.1. The first-order chi connectivity index (χ1) is 11.0. The lowest BCUT2D eigenvalue weighted by Gasteiger charge is -2.21. The molecule has 0 atom stereocenters. The van der Waals surface area contributed by atoms with Gasteiger partial charge in [-0.3, -0.25) is 15.6 Å². The largest absolute Gasteiger partial charge is 0.478 e. The molecule has 0 aliphatic heterocycles. The van der Waals surface area contributed by atoms with Crippen LogP contribution < -0.4 is 15.8 Å². The van der Waals surface area contributed by atoms with Crippen LogP contribution in [0.1, 0.15) is 20.7 Å². The summed E-state index contributed by atoms with van der Waals surface area (Å²) >= 11 is 5.20. The number of rotatable bonds is 3. The van der Waals surface area contributed by atoms with Gasteiger partial charge in [0.25, 0.3) is 5.91 Å². The van der Waals surface area contributed by atoms with Crippen LogP contribution in [0.25, 0.3) is 0 Å². The van der Waals surface area contributed by atoms with Crippen LogP contribution >= 0.6 is 12.2 Å². The number of aromatic carboxylic acids is 1. The molecule has 6 nitrogen and oxygen atoms in total. The molecule has 0 unspecified atom stereocenters. The molecule has 0 aliphatic carbocycles. The van der Waals surface area contributed by atoms with Crippen LogP contribution in [0.3, 0.4) is 0 Å². The zero-order chi connectivity index (χ0) is 16.8. The number of hydrogen-bond acceptors (Lipinski definition) is 3. The Hall–Kier alpha value is -2.93. The fraction of sp³-hybridized carbons (Fsp3) is 0.0625. The lowest BCUT2D eigenvalue weighted by Crippen LogP contribution is -2.47. The molecule has 3 N–H and O–H groups in total. The maximum atomic E-state index is 12.1. The predicted octanol–water partition coefficient (Wildman–Crippen LogP) is 2.04. The second-order valence-corrected chi connectivity index (χ2v) is 5.02. The highest BCUT2D eigenvalue weighted by atomic mass is 32.1. The second-order valence-electron chi connectivity index (χ2n) is 4.63. The topological polar surface area (TPSA) is 81.7 Å². The first-order valence-electron chi connectivity index (χ1n) is 6.72. The molecule has 2 aromatic rings. The normalized spacial score (nSPS) is 9.78. The molecule has 1 amide bonds. The van der Waals surface area contributed by atoms with Gasteiger partial charge in [-0.2, -0.15) is 0 Å². The smallest absolute Gasteiger partial charge is 0.336 e. The van der Waals surface area contributed by atoms with E-state index in [0.29, 0.717) is 0 Å². The van der Waals surface area contributed by atoms with Gasteiger partial charge in [0.1, 0.15) is 0 Å². The summed E-state index contributed by atoms with van der Waals surface area (Å²) in [5, 5.41) is 9.37. The van der Waals surface area contributed by atoms with Crippen LogP contribution in [-0.4, -0.2) is 29.1 Å². The molecular formula is C16H15N3O3S. The summed E-state index contributed by atoms with van der Waals surface area (Å²) in [7, 11) is 1.75. The molecule has 0 spiro atoms. The first kappa shape index (κ1) is 16.4. The lowest BCUT2D eigenvalue weighted by molar-refractivity contribution is 0.0690. The molecule has 0 aliphatic rings. The number of para-hydroxylation sites is 1. The Labute approximate surface area is 138 Å². The van der Waals surface area contributed by atoms with Crippen LogP contribution in [0.4, 0.5) is 5.69 Å². The minimum absolute atomic E-state index is 0.0534. The fourth-order valence-corrected chi connectivity index (χ4v) is 2.05. The number of amides is 1. The van der Waals surface area contributed by atoms with Crippen LogP contribution in [0.2, 0.25) is 0 Å². The summed E-state index contributed by atoms with van der Waals surface area (Å²) in [6, 6.07) is 15.3. The van der Waals surface area contributed by atoms with Gasteiger partial charge in [0, 0.05) is 12.7 Å². The molecular weight excluding hydrogens is 314 g/mol. The Morgan fingerprint density at radius 2 is 1.52 bits per heavy atom. The average molecular weight is 329 g/mol. The quantitative estimate of drug-likeness (QED) is 0.590. The summed E-state index contributed by atoms with van der Waals surface area (Å²) in [6.45, 7) is 0. The number of nitrogens with one attached hydrogen (secondary N) is 2. The van der Waals surface area contributed by atoms with Crippen molar-refractivity contribution >= 4 is 34.9 Å². The molecule has 0 aromatic heterocycles. The molecule has 7 heteroatoms. The van der Waals surface area contributed by atoms with Crippen molar-refractivity contribution in [3.8, 4) is 0 Å². The molecule has 0 saturated heterocycles. The Morgan fingerprint density at radius 3 is 2.13 bits per heavy atom. The van der Waals surface area contributed by atoms with Crippen LogP contribution in [0.5, 0.6) is 0 Å². The highest BCUT2D eigenvalue weighted by Crippen LogP contribution is 2.11. The molecule has 2 rings (SSSR count). The standard InChI is InChI=1S/C16H15N3O3S/c1-19(11-7-3-2-4-8-11)16(23)18-17-14(20)12-9-5-6-10-13(12)15(21)22/h2-10H,1H3,(H,17,20)(H,18,23)(H,21,22). The summed E-state index contributed by atoms with van der Waals surface area (Å²) in [4.78, 5) is 24.9. The zero-order valence-electron chi connectivity index (χ0n) is 12.3. The van der Waals surface area contributed by atoms with Crippen LogP contribution in [0, 0.1) is 0 Å². The minimum atomic E-state index is -1.17. The molecule has 0 heterocycles. The highest BCUT2D eigenvalue weighted by Gasteiger charge is 2.16. The van der Waals surface area contributed by atoms with Gasteiger partial charge in [0.05, 0.1) is 11.1 Å². The molecule has 118 valence electrons. The van der Waals surface area contributed by atoms with Crippen molar-refractivity contribution in [3.05, 3.63) is 65.7 Å². The van der Waals surface area contributed by atoms with E-state index in [1.807, 2.05) is 30.3 Å². The Kier molecular flexibility index (Phi) is 5.27. The molecule has 2 aromatic carbocycles. The molecule has 0 saturated carbocycles. The van der Waals surface area contributed by atoms with Crippen molar-refractivity contribution in [1.82, 2.24) is 10.9 Å². The number of carbonyl (C=O) groups excluding carboxylic acids is 1. The SMILES string of the molecule is CN(C(=S)NNC(=O)c1ccccc1C(=O)O)c1ccccc1. The predicted molar refractivity (Wildman–Crippen MR) is 91.4 cm³/mol. The van der Waals surface area contributed by atoms with Crippen molar-refractivity contribution in [2.45, 2.75) is 0 Å². The summed E-state index contributed by atoms with van der Waals surface area (Å²) in [5.41, 5.74) is 5.85. The molecule has 0 fully saturated rings. The number of carboxylic acid groups (broad SMARTS) is 1. The average Bonchev–Trinajstić information content (AvgIpc) is 2.59. The van der Waals surface area contributed by atoms with E-state index in [4.69, 9.17) is 17.3 Å². The van der Waals surface area contributed by atoms with Gasteiger partial charge in [-0.25, -0.2) is 4.79 Å². The zero-order valence-corrected chi connectivity index (χ0v) is 13.1. The van der Waals surface area contributed by atoms with E-state index in [1.165, 1.54) is 12.1 Å². The van der Waals surface area contributed by atoms with E-state index in [0.717, 1.165) is 5.69 Å². The molecule has 23 heavy (non-hydrogen) atoms. The van der Waals surface area contributed by atoms with E-state index in [2.05, 4.69) is 10.9 Å². The van der Waals surface area contributed by atoms with Crippen molar-refractivity contribution in [2.75, 3.05) is 11.9 Å². The molecule has 0 radical (unpaired) electrons. The second kappa shape index (κ2) is 7.37. The maximum absolute atomic E-state index is 12.1. The van der Waals surface area contributed by atoms with Crippen molar-refractivity contribution in [1.29, 1.82) is 0 Å². The summed E-state index contributed by atoms with van der Waals surface area (Å²) in [6.07, 6.45) is 0. The maximum Gasteiger partial charge on any atom is 0.336 e. The van der Waals surface area contributed by atoms with Crippen LogP contribution in [0.15, 0.2) is 54.6 Å². The number of carbonyl (C=O) groups is 2. The minimum Gasteiger partial charge on any atom is -0.478 e. The number of anilines is 1. The van der Waals surface area contributed by atoms with Crippen molar-refractivity contribution in [3.63, 3.8) is 0 Å². The van der Waals surface area contributed by atoms with E-state index < -0.39 is 11.9 Å².